The van der Waals surface area contributed by atoms with Crippen LogP contribution in [0.25, 0.3) is 0 Å². The van der Waals surface area contributed by atoms with Gasteiger partial charge in [0.1, 0.15) is 5.75 Å². The van der Waals surface area contributed by atoms with E-state index in [1.165, 1.54) is 12.1 Å². The number of aromatic hydroxyl groups is 1. The summed E-state index contributed by atoms with van der Waals surface area (Å²) in [6.45, 7) is 0. The maximum Gasteiger partial charge on any atom is 0.271 e. The number of hydrogen-bond acceptors (Lipinski definition) is 3. The number of carbonyl (C=O) groups is 1. The molecule has 0 bridgehead atoms. The van der Waals surface area contributed by atoms with Crippen molar-refractivity contribution in [3.8, 4) is 5.75 Å². The van der Waals surface area contributed by atoms with Crippen LogP contribution in [0.2, 0.25) is 5.02 Å². The lowest BCUT2D eigenvalue weighted by Gasteiger charge is -2.08. The first kappa shape index (κ1) is 16.7. The maximum atomic E-state index is 12.3. The minimum Gasteiger partial charge on any atom is -0.508 e. The lowest BCUT2D eigenvalue weighted by molar-refractivity contribution is 0.0954. The quantitative estimate of drug-likeness (QED) is 0.546. The number of nitrogens with one attached hydrogen (secondary N) is 1. The lowest BCUT2D eigenvalue weighted by atomic mass is 10.0. The van der Waals surface area contributed by atoms with E-state index in [1.807, 2.05) is 42.5 Å². The first-order valence-electron chi connectivity index (χ1n) is 7.62. The first-order valence-corrected chi connectivity index (χ1v) is 8.00. The minimum atomic E-state index is -0.404. The molecule has 3 rings (SSSR count). The van der Waals surface area contributed by atoms with Gasteiger partial charge < -0.3 is 5.11 Å². The average molecular weight is 351 g/mol. The predicted octanol–water partition coefficient (Wildman–Crippen LogP) is 4.23. The zero-order valence-corrected chi connectivity index (χ0v) is 13.9. The number of benzene rings is 3. The Labute approximate surface area is 150 Å². The van der Waals surface area contributed by atoms with Crippen LogP contribution >= 0.6 is 11.6 Å². The summed E-state index contributed by atoms with van der Waals surface area (Å²) in [4.78, 5) is 12.3. The van der Waals surface area contributed by atoms with Crippen LogP contribution in [0.5, 0.6) is 5.75 Å². The highest BCUT2D eigenvalue weighted by Gasteiger charge is 2.10. The average Bonchev–Trinajstić information content (AvgIpc) is 2.64. The number of phenolic OH excluding ortho intramolecular Hbond substituents is 1. The molecule has 124 valence electrons. The highest BCUT2D eigenvalue weighted by atomic mass is 35.5. The molecular formula is C20H15ClN2O2. The van der Waals surface area contributed by atoms with Crippen LogP contribution < -0.4 is 5.43 Å². The molecular weight excluding hydrogens is 336 g/mol. The van der Waals surface area contributed by atoms with Crippen LogP contribution in [-0.2, 0) is 0 Å². The number of rotatable bonds is 4. The van der Waals surface area contributed by atoms with Crippen molar-refractivity contribution in [1.29, 1.82) is 0 Å². The van der Waals surface area contributed by atoms with Crippen molar-refractivity contribution in [1.82, 2.24) is 5.43 Å². The van der Waals surface area contributed by atoms with Gasteiger partial charge in [-0.1, -0.05) is 60.1 Å². The Bertz CT molecular complexity index is 906. The van der Waals surface area contributed by atoms with Gasteiger partial charge in [0, 0.05) is 21.7 Å². The number of nitrogens with zero attached hydrogens (tertiary/aromatic N) is 1. The molecule has 0 radical (unpaired) electrons. The molecule has 0 aliphatic rings. The third-order valence-electron chi connectivity index (χ3n) is 3.54. The second-order valence-corrected chi connectivity index (χ2v) is 5.76. The van der Waals surface area contributed by atoms with Gasteiger partial charge in [0.15, 0.2) is 0 Å². The molecule has 0 saturated carbocycles. The van der Waals surface area contributed by atoms with E-state index in [0.29, 0.717) is 16.3 Å². The van der Waals surface area contributed by atoms with Crippen molar-refractivity contribution in [2.75, 3.05) is 0 Å². The van der Waals surface area contributed by atoms with Gasteiger partial charge >= 0.3 is 0 Å². The van der Waals surface area contributed by atoms with E-state index in [2.05, 4.69) is 10.5 Å². The Balaban J connectivity index is 1.93. The van der Waals surface area contributed by atoms with E-state index in [-0.39, 0.29) is 5.75 Å². The lowest BCUT2D eigenvalue weighted by Crippen LogP contribution is -2.20. The highest BCUT2D eigenvalue weighted by molar-refractivity contribution is 6.30. The van der Waals surface area contributed by atoms with E-state index in [9.17, 15) is 9.90 Å². The second kappa shape index (κ2) is 7.64. The Kier molecular flexibility index (Phi) is 5.11. The van der Waals surface area contributed by atoms with E-state index in [4.69, 9.17) is 11.6 Å². The van der Waals surface area contributed by atoms with Crippen molar-refractivity contribution >= 4 is 23.2 Å². The molecule has 4 nitrogen and oxygen atoms in total. The molecule has 2 N–H and O–H groups in total. The van der Waals surface area contributed by atoms with Crippen LogP contribution in [0.4, 0.5) is 0 Å². The zero-order chi connectivity index (χ0) is 17.6. The summed E-state index contributed by atoms with van der Waals surface area (Å²) in [5, 5.41) is 14.4. The molecule has 0 spiro atoms. The molecule has 0 unspecified atom stereocenters. The number of hydrazone groups is 1. The molecule has 0 aliphatic carbocycles. The van der Waals surface area contributed by atoms with Crippen molar-refractivity contribution < 1.29 is 9.90 Å². The van der Waals surface area contributed by atoms with E-state index >= 15 is 0 Å². The van der Waals surface area contributed by atoms with E-state index < -0.39 is 5.91 Å². The maximum absolute atomic E-state index is 12.3. The minimum absolute atomic E-state index is 0.0256. The number of hydrogen-bond donors (Lipinski definition) is 2. The zero-order valence-electron chi connectivity index (χ0n) is 13.2. The summed E-state index contributed by atoms with van der Waals surface area (Å²) in [7, 11) is 0. The van der Waals surface area contributed by atoms with Gasteiger partial charge in [-0.2, -0.15) is 5.10 Å². The normalized spacial score (nSPS) is 11.2. The van der Waals surface area contributed by atoms with Gasteiger partial charge in [0.05, 0.1) is 5.71 Å². The van der Waals surface area contributed by atoms with Gasteiger partial charge in [-0.3, -0.25) is 4.79 Å². The summed E-state index contributed by atoms with van der Waals surface area (Å²) in [5.74, 6) is -0.379. The molecule has 25 heavy (non-hydrogen) atoms. The smallest absolute Gasteiger partial charge is 0.271 e. The summed E-state index contributed by atoms with van der Waals surface area (Å²) in [6, 6.07) is 22.9. The first-order chi connectivity index (χ1) is 12.1. The van der Waals surface area contributed by atoms with Gasteiger partial charge in [-0.15, -0.1) is 0 Å². The second-order valence-electron chi connectivity index (χ2n) is 5.32. The monoisotopic (exact) mass is 350 g/mol. The fourth-order valence-electron chi connectivity index (χ4n) is 2.32. The van der Waals surface area contributed by atoms with Gasteiger partial charge in [-0.25, -0.2) is 5.43 Å². The molecule has 1 amide bonds. The predicted molar refractivity (Wildman–Crippen MR) is 99.1 cm³/mol. The fourth-order valence-corrected chi connectivity index (χ4v) is 2.44. The molecule has 0 atom stereocenters. The fraction of sp³-hybridized carbons (Fsp3) is 0. The van der Waals surface area contributed by atoms with Gasteiger partial charge in [0.25, 0.3) is 5.91 Å². The molecule has 0 aliphatic heterocycles. The van der Waals surface area contributed by atoms with E-state index in [1.54, 1.807) is 24.3 Å². The van der Waals surface area contributed by atoms with Crippen LogP contribution in [-0.4, -0.2) is 16.7 Å². The molecule has 0 fully saturated rings. The molecule has 0 saturated heterocycles. The molecule has 0 aromatic heterocycles. The van der Waals surface area contributed by atoms with Crippen LogP contribution in [0.1, 0.15) is 21.5 Å². The van der Waals surface area contributed by atoms with Crippen molar-refractivity contribution in [2.24, 2.45) is 5.10 Å². The summed E-state index contributed by atoms with van der Waals surface area (Å²) < 4.78 is 0. The topological polar surface area (TPSA) is 61.7 Å². The van der Waals surface area contributed by atoms with Gasteiger partial charge in [0.2, 0.25) is 0 Å². The Morgan fingerprint density at radius 2 is 1.48 bits per heavy atom. The molecule has 5 heteroatoms. The van der Waals surface area contributed by atoms with Crippen molar-refractivity contribution in [3.63, 3.8) is 0 Å². The summed E-state index contributed by atoms with van der Waals surface area (Å²) in [6.07, 6.45) is 0. The number of phenols is 1. The molecule has 0 heterocycles. The number of amides is 1. The Hall–Kier alpha value is -3.11. The van der Waals surface area contributed by atoms with Gasteiger partial charge in [-0.05, 0) is 30.3 Å². The molecule has 3 aromatic carbocycles. The van der Waals surface area contributed by atoms with E-state index in [0.717, 1.165) is 11.1 Å². The number of halogens is 1. The molecule has 3 aromatic rings. The Morgan fingerprint density at radius 3 is 2.16 bits per heavy atom. The third-order valence-corrected chi connectivity index (χ3v) is 3.79. The summed E-state index contributed by atoms with van der Waals surface area (Å²) >= 11 is 5.95. The highest BCUT2D eigenvalue weighted by Crippen LogP contribution is 2.15. The van der Waals surface area contributed by atoms with Crippen molar-refractivity contribution in [2.45, 2.75) is 0 Å². The SMILES string of the molecule is O=C(N/N=C(\c1ccccc1)c1ccc(Cl)cc1)c1cccc(O)c1. The Morgan fingerprint density at radius 1 is 0.840 bits per heavy atom. The largest absolute Gasteiger partial charge is 0.508 e. The van der Waals surface area contributed by atoms with Crippen LogP contribution in [0, 0.1) is 0 Å². The third kappa shape index (κ3) is 4.25. The van der Waals surface area contributed by atoms with Crippen LogP contribution in [0.15, 0.2) is 84.0 Å². The number of carbonyl (C=O) groups excluding carboxylic acids is 1. The van der Waals surface area contributed by atoms with Crippen molar-refractivity contribution in [3.05, 3.63) is 101 Å². The van der Waals surface area contributed by atoms with Crippen LogP contribution in [0.3, 0.4) is 0 Å². The summed E-state index contributed by atoms with van der Waals surface area (Å²) in [5.41, 5.74) is 5.17. The standard InChI is InChI=1S/C20H15ClN2O2/c21-17-11-9-15(10-12-17)19(14-5-2-1-3-6-14)22-23-20(25)16-7-4-8-18(24)13-16/h1-13,24H,(H,23,25)/b22-19+.